The number of H-pyrrole nitrogens is 1. The first-order chi connectivity index (χ1) is 13.0. The van der Waals surface area contributed by atoms with Crippen molar-refractivity contribution in [3.8, 4) is 11.5 Å². The lowest BCUT2D eigenvalue weighted by Gasteiger charge is -2.10. The predicted molar refractivity (Wildman–Crippen MR) is 98.5 cm³/mol. The molecule has 0 unspecified atom stereocenters. The highest BCUT2D eigenvalue weighted by molar-refractivity contribution is 5.93. The average Bonchev–Trinajstić information content (AvgIpc) is 3.09. The summed E-state index contributed by atoms with van der Waals surface area (Å²) < 4.78 is 11.5. The summed E-state index contributed by atoms with van der Waals surface area (Å²) in [5.41, 5.74) is -0.626. The Bertz CT molecular complexity index is 947. The zero-order valence-electron chi connectivity index (χ0n) is 15.3. The fraction of sp³-hybridized carbons (Fsp3) is 0.389. The molecule has 2 heterocycles. The molecule has 2 N–H and O–H groups in total. The number of benzene rings is 1. The van der Waals surface area contributed by atoms with E-state index in [1.54, 1.807) is 18.2 Å². The quantitative estimate of drug-likeness (QED) is 0.661. The Morgan fingerprint density at radius 2 is 2.04 bits per heavy atom. The van der Waals surface area contributed by atoms with E-state index in [2.05, 4.69) is 10.3 Å². The number of carbonyl (C=O) groups is 1. The number of nitrogens with zero attached hydrogens (tertiary/aromatic N) is 2. The van der Waals surface area contributed by atoms with Gasteiger partial charge in [0.05, 0.1) is 6.54 Å². The minimum atomic E-state index is -0.637. The Hall–Kier alpha value is -3.07. The van der Waals surface area contributed by atoms with Gasteiger partial charge in [0.15, 0.2) is 11.5 Å². The number of aromatic amines is 1. The van der Waals surface area contributed by atoms with Crippen LogP contribution >= 0.6 is 0 Å². The summed E-state index contributed by atoms with van der Waals surface area (Å²) in [7, 11) is 3.89. The zero-order valence-corrected chi connectivity index (χ0v) is 15.3. The molecule has 1 aromatic carbocycles. The van der Waals surface area contributed by atoms with Gasteiger partial charge in [-0.25, -0.2) is 4.79 Å². The van der Waals surface area contributed by atoms with Crippen LogP contribution in [-0.4, -0.2) is 54.3 Å². The lowest BCUT2D eigenvalue weighted by molar-refractivity contribution is 0.0949. The Labute approximate surface area is 155 Å². The molecule has 9 heteroatoms. The monoisotopic (exact) mass is 374 g/mol. The Balaban J connectivity index is 1.76. The Morgan fingerprint density at radius 1 is 1.26 bits per heavy atom. The average molecular weight is 374 g/mol. The fourth-order valence-corrected chi connectivity index (χ4v) is 2.73. The number of hydrogen-bond donors (Lipinski definition) is 2. The second-order valence-corrected chi connectivity index (χ2v) is 6.50. The zero-order chi connectivity index (χ0) is 19.4. The van der Waals surface area contributed by atoms with Gasteiger partial charge in [-0.2, -0.15) is 0 Å². The van der Waals surface area contributed by atoms with E-state index < -0.39 is 17.2 Å². The smallest absolute Gasteiger partial charge is 0.328 e. The van der Waals surface area contributed by atoms with E-state index in [0.717, 1.165) is 23.7 Å². The van der Waals surface area contributed by atoms with Crippen molar-refractivity contribution < 1.29 is 14.3 Å². The molecule has 1 aliphatic heterocycles. The van der Waals surface area contributed by atoms with Crippen LogP contribution in [0, 0.1) is 0 Å². The van der Waals surface area contributed by atoms with E-state index in [1.807, 2.05) is 19.0 Å². The molecule has 0 fully saturated rings. The van der Waals surface area contributed by atoms with E-state index in [1.165, 1.54) is 0 Å². The van der Waals surface area contributed by atoms with Gasteiger partial charge >= 0.3 is 5.69 Å². The van der Waals surface area contributed by atoms with Crippen LogP contribution in [0.3, 0.4) is 0 Å². The number of carbonyl (C=O) groups excluding carboxylic acids is 1. The van der Waals surface area contributed by atoms with Gasteiger partial charge in [0.2, 0.25) is 6.79 Å². The first-order valence-electron chi connectivity index (χ1n) is 8.59. The van der Waals surface area contributed by atoms with Gasteiger partial charge in [-0.05, 0) is 44.8 Å². The van der Waals surface area contributed by atoms with E-state index in [4.69, 9.17) is 9.47 Å². The molecule has 0 radical (unpaired) electrons. The molecule has 2 aromatic rings. The second kappa shape index (κ2) is 8.09. The minimum Gasteiger partial charge on any atom is -0.454 e. The molecule has 9 nitrogen and oxygen atoms in total. The number of rotatable bonds is 7. The van der Waals surface area contributed by atoms with Crippen LogP contribution in [-0.2, 0) is 6.54 Å². The maximum absolute atomic E-state index is 12.6. The van der Waals surface area contributed by atoms with Gasteiger partial charge in [-0.15, -0.1) is 0 Å². The molecule has 0 atom stereocenters. The maximum Gasteiger partial charge on any atom is 0.328 e. The number of amides is 1. The Morgan fingerprint density at radius 3 is 2.81 bits per heavy atom. The SMILES string of the molecule is CN(C)CCCNC(=O)c1c[nH]c(=O)n(Cc2ccc3c(c2)OCO3)c1=O. The molecule has 0 bridgehead atoms. The lowest BCUT2D eigenvalue weighted by atomic mass is 10.2. The van der Waals surface area contributed by atoms with Crippen LogP contribution in [0.15, 0.2) is 34.0 Å². The van der Waals surface area contributed by atoms with Gasteiger partial charge in [0.25, 0.3) is 11.5 Å². The van der Waals surface area contributed by atoms with Gasteiger partial charge in [-0.3, -0.25) is 14.2 Å². The molecule has 0 aliphatic carbocycles. The summed E-state index contributed by atoms with van der Waals surface area (Å²) in [6, 6.07) is 5.17. The first kappa shape index (κ1) is 18.7. The highest BCUT2D eigenvalue weighted by atomic mass is 16.7. The molecule has 1 amide bonds. The molecule has 1 aliphatic rings. The highest BCUT2D eigenvalue weighted by Gasteiger charge is 2.17. The number of nitrogens with one attached hydrogen (secondary N) is 2. The molecular formula is C18H22N4O5. The predicted octanol–water partition coefficient (Wildman–Crippen LogP) is -0.00490. The highest BCUT2D eigenvalue weighted by Crippen LogP contribution is 2.32. The number of fused-ring (bicyclic) bond motifs is 1. The van der Waals surface area contributed by atoms with Crippen molar-refractivity contribution in [1.82, 2.24) is 19.8 Å². The maximum atomic E-state index is 12.6. The molecular weight excluding hydrogens is 352 g/mol. The van der Waals surface area contributed by atoms with Gasteiger partial charge in [0, 0.05) is 12.7 Å². The van der Waals surface area contributed by atoms with Crippen LogP contribution in [0.25, 0.3) is 0 Å². The van der Waals surface area contributed by atoms with Gasteiger partial charge in [-0.1, -0.05) is 6.07 Å². The number of hydrogen-bond acceptors (Lipinski definition) is 6. The lowest BCUT2D eigenvalue weighted by Crippen LogP contribution is -2.41. The van der Waals surface area contributed by atoms with Crippen LogP contribution in [0.4, 0.5) is 0 Å². The van der Waals surface area contributed by atoms with E-state index in [9.17, 15) is 14.4 Å². The summed E-state index contributed by atoms with van der Waals surface area (Å²) >= 11 is 0. The van der Waals surface area contributed by atoms with Crippen LogP contribution in [0.5, 0.6) is 11.5 Å². The molecule has 0 spiro atoms. The van der Waals surface area contributed by atoms with Crippen LogP contribution in [0.2, 0.25) is 0 Å². The van der Waals surface area contributed by atoms with Crippen molar-refractivity contribution >= 4 is 5.91 Å². The van der Waals surface area contributed by atoms with Gasteiger partial charge in [0.1, 0.15) is 5.56 Å². The standard InChI is InChI=1S/C18H22N4O5/c1-21(2)7-3-6-19-16(23)13-9-20-18(25)22(17(13)24)10-12-4-5-14-15(8-12)27-11-26-14/h4-5,8-9H,3,6-7,10-11H2,1-2H3,(H,19,23)(H,20,25). The summed E-state index contributed by atoms with van der Waals surface area (Å²) in [6.07, 6.45) is 1.91. The third kappa shape index (κ3) is 4.37. The van der Waals surface area contributed by atoms with E-state index >= 15 is 0 Å². The van der Waals surface area contributed by atoms with Crippen molar-refractivity contribution in [3.05, 3.63) is 56.4 Å². The number of ether oxygens (including phenoxy) is 2. The molecule has 1 aromatic heterocycles. The second-order valence-electron chi connectivity index (χ2n) is 6.50. The van der Waals surface area contributed by atoms with Crippen molar-refractivity contribution in [1.29, 1.82) is 0 Å². The minimum absolute atomic E-state index is 0.0204. The fourth-order valence-electron chi connectivity index (χ4n) is 2.73. The molecule has 0 saturated heterocycles. The van der Waals surface area contributed by atoms with E-state index in [0.29, 0.717) is 23.6 Å². The Kier molecular flexibility index (Phi) is 5.60. The third-order valence-corrected chi connectivity index (χ3v) is 4.15. The van der Waals surface area contributed by atoms with Gasteiger partial charge < -0.3 is 24.7 Å². The van der Waals surface area contributed by atoms with Crippen LogP contribution < -0.4 is 26.0 Å². The summed E-state index contributed by atoms with van der Waals surface area (Å²) in [5, 5.41) is 2.70. The van der Waals surface area contributed by atoms with Crippen molar-refractivity contribution in [3.63, 3.8) is 0 Å². The third-order valence-electron chi connectivity index (χ3n) is 4.15. The molecule has 0 saturated carbocycles. The normalized spacial score (nSPS) is 12.4. The van der Waals surface area contributed by atoms with Crippen molar-refractivity contribution in [2.24, 2.45) is 0 Å². The largest absolute Gasteiger partial charge is 0.454 e. The summed E-state index contributed by atoms with van der Waals surface area (Å²) in [6.45, 7) is 1.42. The van der Waals surface area contributed by atoms with Crippen LogP contribution in [0.1, 0.15) is 22.3 Å². The van der Waals surface area contributed by atoms with Crippen molar-refractivity contribution in [2.45, 2.75) is 13.0 Å². The molecule has 144 valence electrons. The molecule has 27 heavy (non-hydrogen) atoms. The molecule has 3 rings (SSSR count). The van der Waals surface area contributed by atoms with Crippen molar-refractivity contribution in [2.75, 3.05) is 34.0 Å². The van der Waals surface area contributed by atoms with E-state index in [-0.39, 0.29) is 18.9 Å². The summed E-state index contributed by atoms with van der Waals surface area (Å²) in [5.74, 6) is 0.673. The first-order valence-corrected chi connectivity index (χ1v) is 8.59. The topological polar surface area (TPSA) is 106 Å². The summed E-state index contributed by atoms with van der Waals surface area (Å²) in [4.78, 5) is 41.5. The number of aromatic nitrogens is 2.